The summed E-state index contributed by atoms with van der Waals surface area (Å²) in [6.45, 7) is 0. The molecule has 0 aliphatic carbocycles. The predicted molar refractivity (Wildman–Crippen MR) is 38.3 cm³/mol. The zero-order chi connectivity index (χ0) is 9.28. The van der Waals surface area contributed by atoms with Crippen molar-refractivity contribution in [3.63, 3.8) is 0 Å². The van der Waals surface area contributed by atoms with Gasteiger partial charge in [-0.25, -0.2) is 9.59 Å². The van der Waals surface area contributed by atoms with Gasteiger partial charge >= 0.3 is 57.9 Å². The second kappa shape index (κ2) is 9.93. The molecule has 0 saturated heterocycles. The van der Waals surface area contributed by atoms with Gasteiger partial charge in [-0.15, -0.1) is 0 Å². The third-order valence-corrected chi connectivity index (χ3v) is 0.675. The SMILES string of the molecule is O=C(O)OC(=O)O.[Li][CH2][CH2][Li]. The van der Waals surface area contributed by atoms with Crippen LogP contribution in [-0.2, 0) is 4.74 Å². The number of carbonyl (C=O) groups is 2. The van der Waals surface area contributed by atoms with Crippen molar-refractivity contribution in [3.05, 3.63) is 0 Å². The number of rotatable bonds is 1. The van der Waals surface area contributed by atoms with Crippen LogP contribution in [0, 0.1) is 0 Å². The minimum atomic E-state index is -1.81. The van der Waals surface area contributed by atoms with Crippen molar-refractivity contribution in [2.24, 2.45) is 0 Å². The first kappa shape index (κ1) is 13.5. The van der Waals surface area contributed by atoms with Gasteiger partial charge in [0.05, 0.1) is 0 Å². The van der Waals surface area contributed by atoms with Gasteiger partial charge in [-0.05, 0) is 0 Å². The van der Waals surface area contributed by atoms with Crippen LogP contribution in [0.4, 0.5) is 9.59 Å². The van der Waals surface area contributed by atoms with Crippen LogP contribution in [0.1, 0.15) is 0 Å². The molecule has 7 heteroatoms. The van der Waals surface area contributed by atoms with E-state index in [4.69, 9.17) is 10.2 Å². The van der Waals surface area contributed by atoms with E-state index in [-0.39, 0.29) is 0 Å². The molecular formula is C4H6Li2O5. The summed E-state index contributed by atoms with van der Waals surface area (Å²) in [7, 11) is 0. The van der Waals surface area contributed by atoms with Crippen LogP contribution in [-0.4, -0.2) is 58.0 Å². The molecule has 0 unspecified atom stereocenters. The summed E-state index contributed by atoms with van der Waals surface area (Å²) < 4.78 is 3.08. The predicted octanol–water partition coefficient (Wildman–Crippen LogP) is 0.519. The third kappa shape index (κ3) is 25.7. The summed E-state index contributed by atoms with van der Waals surface area (Å²) in [6.07, 6.45) is -3.62. The van der Waals surface area contributed by atoms with Gasteiger partial charge in [-0.3, -0.25) is 0 Å². The molecule has 0 spiro atoms. The molecule has 0 fully saturated rings. The quantitative estimate of drug-likeness (QED) is 0.321. The van der Waals surface area contributed by atoms with E-state index >= 15 is 0 Å². The Labute approximate surface area is 82.5 Å². The van der Waals surface area contributed by atoms with Crippen molar-refractivity contribution in [2.75, 3.05) is 0 Å². The summed E-state index contributed by atoms with van der Waals surface area (Å²) in [4.78, 5) is 18.4. The Kier molecular flexibility index (Phi) is 12.2. The molecule has 0 aromatic carbocycles. The van der Waals surface area contributed by atoms with E-state index in [0.29, 0.717) is 0 Å². The molecule has 54 valence electrons. The van der Waals surface area contributed by atoms with Crippen molar-refractivity contribution in [1.82, 2.24) is 0 Å². The number of hydrogen-bond donors (Lipinski definition) is 2. The van der Waals surface area contributed by atoms with Gasteiger partial charge in [0.25, 0.3) is 0 Å². The van der Waals surface area contributed by atoms with Crippen LogP contribution >= 0.6 is 0 Å². The van der Waals surface area contributed by atoms with Crippen LogP contribution in [0.25, 0.3) is 0 Å². The van der Waals surface area contributed by atoms with Gasteiger partial charge in [0.1, 0.15) is 0 Å². The third-order valence-electron chi connectivity index (χ3n) is 0.675. The van der Waals surface area contributed by atoms with E-state index in [9.17, 15) is 9.59 Å². The van der Waals surface area contributed by atoms with Crippen molar-refractivity contribution in [1.29, 1.82) is 0 Å². The molecule has 0 aromatic rings. The molecule has 0 aromatic heterocycles. The standard InChI is InChI=1S/C2H2O5.C2H4.2Li/c3-1(4)7-2(5)6;1-2;;/h(H,3,4)(H,5,6);1-2H2;;. The van der Waals surface area contributed by atoms with Crippen molar-refractivity contribution < 1.29 is 24.5 Å². The molecule has 0 heterocycles. The molecule has 0 aliphatic heterocycles. The Hall–Kier alpha value is -0.0652. The number of carboxylic acid groups (broad SMARTS) is 2. The average molecular weight is 148 g/mol. The fraction of sp³-hybridized carbons (Fsp3) is 0.500. The zero-order valence-corrected chi connectivity index (χ0v) is 6.53. The van der Waals surface area contributed by atoms with E-state index in [1.807, 2.05) is 0 Å². The summed E-state index contributed by atoms with van der Waals surface area (Å²) in [6, 6.07) is 0. The maximum absolute atomic E-state index is 9.21. The molecule has 5 nitrogen and oxygen atoms in total. The van der Waals surface area contributed by atoms with Gasteiger partial charge in [0, 0.05) is 0 Å². The second-order valence-electron chi connectivity index (χ2n) is 1.63. The van der Waals surface area contributed by atoms with Crippen LogP contribution < -0.4 is 0 Å². The van der Waals surface area contributed by atoms with Gasteiger partial charge in [0.15, 0.2) is 0 Å². The monoisotopic (exact) mass is 148 g/mol. The van der Waals surface area contributed by atoms with Crippen molar-refractivity contribution >= 4 is 47.7 Å². The average Bonchev–Trinajstić information content (AvgIpc) is 1.85. The summed E-state index contributed by atoms with van der Waals surface area (Å²) in [5.74, 6) is 0. The van der Waals surface area contributed by atoms with E-state index in [1.54, 1.807) is 0 Å². The fourth-order valence-corrected chi connectivity index (χ4v) is 0.0747. The molecule has 11 heavy (non-hydrogen) atoms. The number of ether oxygens (including phenoxy) is 1. The molecule has 0 saturated carbocycles. The first-order valence-corrected chi connectivity index (χ1v) is 3.18. The van der Waals surface area contributed by atoms with Gasteiger partial charge in [-0.2, -0.15) is 0 Å². The van der Waals surface area contributed by atoms with E-state index in [0.717, 1.165) is 0 Å². The Balaban J connectivity index is 0. The summed E-state index contributed by atoms with van der Waals surface area (Å²) >= 11 is 4.36. The first-order chi connectivity index (χ1) is 5.04. The number of hydrogen-bond acceptors (Lipinski definition) is 3. The van der Waals surface area contributed by atoms with Gasteiger partial charge in [-0.1, -0.05) is 0 Å². The molecule has 0 bridgehead atoms. The molecule has 0 atom stereocenters. The maximum atomic E-state index is 9.21. The Morgan fingerprint density at radius 3 is 1.36 bits per heavy atom. The van der Waals surface area contributed by atoms with Gasteiger partial charge in [0.2, 0.25) is 0 Å². The molecule has 0 radical (unpaired) electrons. The summed E-state index contributed by atoms with van der Waals surface area (Å²) in [5, 5.41) is 17.6. The van der Waals surface area contributed by atoms with E-state index in [1.165, 1.54) is 10.2 Å². The molecule has 0 rings (SSSR count). The molecule has 0 amide bonds. The topological polar surface area (TPSA) is 83.8 Å². The molecular weight excluding hydrogens is 142 g/mol. The van der Waals surface area contributed by atoms with Crippen molar-refractivity contribution in [2.45, 2.75) is 10.2 Å². The Morgan fingerprint density at radius 2 is 1.36 bits per heavy atom. The van der Waals surface area contributed by atoms with Crippen LogP contribution in [0.2, 0.25) is 10.2 Å². The van der Waals surface area contributed by atoms with Crippen LogP contribution in [0.15, 0.2) is 0 Å². The Morgan fingerprint density at radius 1 is 1.09 bits per heavy atom. The minimum absolute atomic E-state index is 1.32. The molecule has 2 N–H and O–H groups in total. The summed E-state index contributed by atoms with van der Waals surface area (Å²) in [5.41, 5.74) is 0. The van der Waals surface area contributed by atoms with Gasteiger partial charge < -0.3 is 14.9 Å². The Bertz CT molecular complexity index is 112. The fourth-order valence-electron chi connectivity index (χ4n) is 0.0747. The van der Waals surface area contributed by atoms with E-state index in [2.05, 4.69) is 40.2 Å². The molecule has 0 aliphatic rings. The van der Waals surface area contributed by atoms with Crippen molar-refractivity contribution in [3.8, 4) is 0 Å². The van der Waals surface area contributed by atoms with Crippen LogP contribution in [0.3, 0.4) is 0 Å². The second-order valence-corrected chi connectivity index (χ2v) is 1.63. The van der Waals surface area contributed by atoms with E-state index < -0.39 is 12.3 Å². The first-order valence-electron chi connectivity index (χ1n) is 3.18. The normalized spacial score (nSPS) is 7.64. The van der Waals surface area contributed by atoms with Crippen LogP contribution in [0.5, 0.6) is 0 Å². The zero-order valence-electron chi connectivity index (χ0n) is 6.53.